The van der Waals surface area contributed by atoms with E-state index >= 15 is 0 Å². The minimum Gasteiger partial charge on any atom is -0.457 e. The first-order valence-corrected chi connectivity index (χ1v) is 9.27. The third-order valence-corrected chi connectivity index (χ3v) is 4.65. The molecule has 8 heteroatoms. The Morgan fingerprint density at radius 2 is 1.79 bits per heavy atom. The number of para-hydroxylation sites is 1. The first-order chi connectivity index (χ1) is 14.1. The van der Waals surface area contributed by atoms with Gasteiger partial charge in [0.25, 0.3) is 0 Å². The molecule has 1 atom stereocenters. The molecule has 29 heavy (non-hydrogen) atoms. The number of nitrogens with one attached hydrogen (secondary N) is 2. The van der Waals surface area contributed by atoms with E-state index in [1.807, 2.05) is 54.6 Å². The Bertz CT molecular complexity index is 1000. The van der Waals surface area contributed by atoms with Gasteiger partial charge in [-0.2, -0.15) is 5.10 Å². The molecular weight excluding hydrogens is 370 g/mol. The van der Waals surface area contributed by atoms with Crippen molar-refractivity contribution in [1.82, 2.24) is 15.1 Å². The van der Waals surface area contributed by atoms with Crippen LogP contribution in [0.2, 0.25) is 0 Å². The highest BCUT2D eigenvalue weighted by molar-refractivity contribution is 5.97. The Morgan fingerprint density at radius 3 is 2.48 bits per heavy atom. The van der Waals surface area contributed by atoms with Crippen LogP contribution in [0.5, 0.6) is 11.5 Å². The predicted molar refractivity (Wildman–Crippen MR) is 109 cm³/mol. The van der Waals surface area contributed by atoms with Gasteiger partial charge in [-0.1, -0.05) is 18.2 Å². The highest BCUT2D eigenvalue weighted by Gasteiger charge is 2.31. The van der Waals surface area contributed by atoms with Crippen LogP contribution in [0.15, 0.2) is 66.9 Å². The summed E-state index contributed by atoms with van der Waals surface area (Å²) in [5, 5.41) is 9.56. The molecule has 2 aromatic carbocycles. The molecule has 0 radical (unpaired) electrons. The van der Waals surface area contributed by atoms with Crippen LogP contribution in [0.25, 0.3) is 0 Å². The zero-order valence-electron chi connectivity index (χ0n) is 15.9. The van der Waals surface area contributed by atoms with Gasteiger partial charge in [-0.25, -0.2) is 4.79 Å². The topological polar surface area (TPSA) is 88.5 Å². The standard InChI is InChI=1S/C21H21N5O3/c1-25-19(11-12-22-25)24-21(28)23-15-13-20(27)26(14-15)16-7-9-18(10-8-16)29-17-5-3-2-4-6-17/h2-12,15H,13-14H2,1H3,(H2,23,24,28)/t15-/m0/s1. The van der Waals surface area contributed by atoms with Crippen molar-refractivity contribution in [2.75, 3.05) is 16.8 Å². The van der Waals surface area contributed by atoms with Crippen molar-refractivity contribution in [3.05, 3.63) is 66.9 Å². The smallest absolute Gasteiger partial charge is 0.320 e. The summed E-state index contributed by atoms with van der Waals surface area (Å²) in [5.74, 6) is 1.99. The third-order valence-electron chi connectivity index (χ3n) is 4.65. The van der Waals surface area contributed by atoms with Gasteiger partial charge in [0.05, 0.1) is 12.2 Å². The van der Waals surface area contributed by atoms with Crippen LogP contribution in [-0.4, -0.2) is 34.3 Å². The molecule has 148 valence electrons. The number of hydrogen-bond acceptors (Lipinski definition) is 4. The number of carbonyl (C=O) groups is 2. The molecule has 1 fully saturated rings. The maximum absolute atomic E-state index is 12.4. The summed E-state index contributed by atoms with van der Waals surface area (Å²) < 4.78 is 7.34. The molecule has 0 spiro atoms. The van der Waals surface area contributed by atoms with Crippen molar-refractivity contribution in [2.24, 2.45) is 7.05 Å². The van der Waals surface area contributed by atoms with Gasteiger partial charge >= 0.3 is 6.03 Å². The van der Waals surface area contributed by atoms with Gasteiger partial charge < -0.3 is 15.0 Å². The average Bonchev–Trinajstić information content (AvgIpc) is 3.28. The Morgan fingerprint density at radius 1 is 1.07 bits per heavy atom. The van der Waals surface area contributed by atoms with E-state index in [1.54, 1.807) is 28.9 Å². The summed E-state index contributed by atoms with van der Waals surface area (Å²) in [4.78, 5) is 26.3. The lowest BCUT2D eigenvalue weighted by atomic mass is 10.2. The van der Waals surface area contributed by atoms with Crippen molar-refractivity contribution in [2.45, 2.75) is 12.5 Å². The van der Waals surface area contributed by atoms with Crippen LogP contribution < -0.4 is 20.3 Å². The molecule has 2 N–H and O–H groups in total. The number of aryl methyl sites for hydroxylation is 1. The summed E-state index contributed by atoms with van der Waals surface area (Å²) in [5.41, 5.74) is 0.770. The Balaban J connectivity index is 1.35. The third kappa shape index (κ3) is 4.37. The molecule has 0 unspecified atom stereocenters. The maximum Gasteiger partial charge on any atom is 0.320 e. The number of aromatic nitrogens is 2. The maximum atomic E-state index is 12.4. The first-order valence-electron chi connectivity index (χ1n) is 9.27. The van der Waals surface area contributed by atoms with E-state index in [1.165, 1.54) is 0 Å². The second-order valence-electron chi connectivity index (χ2n) is 6.75. The highest BCUT2D eigenvalue weighted by atomic mass is 16.5. The molecule has 0 bridgehead atoms. The van der Waals surface area contributed by atoms with E-state index in [4.69, 9.17) is 4.74 Å². The van der Waals surface area contributed by atoms with E-state index in [0.29, 0.717) is 18.1 Å². The molecule has 3 amide bonds. The molecule has 1 aliphatic rings. The molecular formula is C21H21N5O3. The van der Waals surface area contributed by atoms with Gasteiger partial charge in [0, 0.05) is 31.8 Å². The van der Waals surface area contributed by atoms with E-state index in [-0.39, 0.29) is 24.4 Å². The lowest BCUT2D eigenvalue weighted by Crippen LogP contribution is -2.40. The SMILES string of the molecule is Cn1nccc1NC(=O)N[C@H]1CC(=O)N(c2ccc(Oc3ccccc3)cc2)C1. The van der Waals surface area contributed by atoms with Gasteiger partial charge in [-0.3, -0.25) is 14.8 Å². The fourth-order valence-electron chi connectivity index (χ4n) is 3.21. The van der Waals surface area contributed by atoms with Crippen LogP contribution in [-0.2, 0) is 11.8 Å². The molecule has 2 heterocycles. The number of rotatable bonds is 5. The van der Waals surface area contributed by atoms with Crippen molar-refractivity contribution >= 4 is 23.4 Å². The second kappa shape index (κ2) is 8.05. The quantitative estimate of drug-likeness (QED) is 0.699. The fourth-order valence-corrected chi connectivity index (χ4v) is 3.21. The Hall–Kier alpha value is -3.81. The minimum absolute atomic E-state index is 0.0347. The summed E-state index contributed by atoms with van der Waals surface area (Å²) in [6, 6.07) is 17.9. The number of ether oxygens (including phenoxy) is 1. The number of hydrogen-bond donors (Lipinski definition) is 2. The van der Waals surface area contributed by atoms with Crippen LogP contribution in [0, 0.1) is 0 Å². The molecule has 1 aliphatic heterocycles. The molecule has 4 rings (SSSR count). The summed E-state index contributed by atoms with van der Waals surface area (Å²) in [6.07, 6.45) is 1.85. The van der Waals surface area contributed by atoms with Crippen LogP contribution in [0.3, 0.4) is 0 Å². The predicted octanol–water partition coefficient (Wildman–Crippen LogP) is 3.14. The normalized spacial score (nSPS) is 16.0. The van der Waals surface area contributed by atoms with Gasteiger partial charge in [-0.15, -0.1) is 0 Å². The van der Waals surface area contributed by atoms with E-state index < -0.39 is 0 Å². The van der Waals surface area contributed by atoms with Crippen molar-refractivity contribution in [1.29, 1.82) is 0 Å². The van der Waals surface area contributed by atoms with Crippen LogP contribution in [0.4, 0.5) is 16.3 Å². The van der Waals surface area contributed by atoms with E-state index in [2.05, 4.69) is 15.7 Å². The minimum atomic E-state index is -0.361. The number of carbonyl (C=O) groups excluding carboxylic acids is 2. The average molecular weight is 391 g/mol. The lowest BCUT2D eigenvalue weighted by Gasteiger charge is -2.18. The Kier molecular flexibility index (Phi) is 5.15. The lowest BCUT2D eigenvalue weighted by molar-refractivity contribution is -0.117. The van der Waals surface area contributed by atoms with Crippen molar-refractivity contribution < 1.29 is 14.3 Å². The first kappa shape index (κ1) is 18.5. The molecule has 0 aliphatic carbocycles. The van der Waals surface area contributed by atoms with E-state index in [9.17, 15) is 9.59 Å². The second-order valence-corrected chi connectivity index (χ2v) is 6.75. The largest absolute Gasteiger partial charge is 0.457 e. The van der Waals surface area contributed by atoms with Crippen molar-refractivity contribution in [3.63, 3.8) is 0 Å². The molecule has 0 saturated carbocycles. The number of urea groups is 1. The summed E-state index contributed by atoms with van der Waals surface area (Å²) in [6.45, 7) is 0.413. The van der Waals surface area contributed by atoms with Crippen LogP contribution in [0.1, 0.15) is 6.42 Å². The summed E-state index contributed by atoms with van der Waals surface area (Å²) in [7, 11) is 1.74. The van der Waals surface area contributed by atoms with Gasteiger partial charge in [0.1, 0.15) is 17.3 Å². The fraction of sp³-hybridized carbons (Fsp3) is 0.190. The molecule has 1 aromatic heterocycles. The Labute approximate surface area is 168 Å². The van der Waals surface area contributed by atoms with Crippen molar-refractivity contribution in [3.8, 4) is 11.5 Å². The number of benzene rings is 2. The van der Waals surface area contributed by atoms with E-state index in [0.717, 1.165) is 11.4 Å². The molecule has 1 saturated heterocycles. The number of nitrogens with zero attached hydrogens (tertiary/aromatic N) is 3. The van der Waals surface area contributed by atoms with Gasteiger partial charge in [0.15, 0.2) is 0 Å². The van der Waals surface area contributed by atoms with Gasteiger partial charge in [0.2, 0.25) is 5.91 Å². The van der Waals surface area contributed by atoms with Crippen LogP contribution >= 0.6 is 0 Å². The molecule has 3 aromatic rings. The number of amides is 3. The van der Waals surface area contributed by atoms with Gasteiger partial charge in [-0.05, 0) is 36.4 Å². The monoisotopic (exact) mass is 391 g/mol. The zero-order valence-corrected chi connectivity index (χ0v) is 15.9. The highest BCUT2D eigenvalue weighted by Crippen LogP contribution is 2.27. The molecule has 8 nitrogen and oxygen atoms in total. The summed E-state index contributed by atoms with van der Waals surface area (Å²) >= 11 is 0. The number of anilines is 2. The zero-order chi connectivity index (χ0) is 20.2.